The second-order valence-electron chi connectivity index (χ2n) is 12.5. The van der Waals surface area contributed by atoms with Crippen LogP contribution in [-0.2, 0) is 31.7 Å². The first-order valence-corrected chi connectivity index (χ1v) is 15.6. The van der Waals surface area contributed by atoms with E-state index in [1.54, 1.807) is 12.0 Å². The molecule has 0 N–H and O–H groups in total. The van der Waals surface area contributed by atoms with Crippen molar-refractivity contribution < 1.29 is 41.8 Å². The zero-order valence-corrected chi connectivity index (χ0v) is 25.4. The van der Waals surface area contributed by atoms with Crippen molar-refractivity contribution in [1.82, 2.24) is 19.6 Å². The molecule has 0 aromatic heterocycles. The molecule has 1 spiro atoms. The summed E-state index contributed by atoms with van der Waals surface area (Å²) in [7, 11) is 1.55. The Morgan fingerprint density at radius 1 is 0.932 bits per heavy atom. The number of amides is 3. The fourth-order valence-electron chi connectivity index (χ4n) is 6.84. The van der Waals surface area contributed by atoms with Crippen LogP contribution in [0.1, 0.15) is 49.7 Å². The summed E-state index contributed by atoms with van der Waals surface area (Å²) in [6.07, 6.45) is -0.292. The molecular formula is C31H43F3N4O6. The van der Waals surface area contributed by atoms with E-state index in [1.807, 2.05) is 9.80 Å². The molecule has 13 heteroatoms. The van der Waals surface area contributed by atoms with Crippen LogP contribution < -0.4 is 0 Å². The highest BCUT2D eigenvalue weighted by Crippen LogP contribution is 2.37. The number of likely N-dealkylation sites (tertiary alicyclic amines) is 1. The van der Waals surface area contributed by atoms with E-state index in [2.05, 4.69) is 4.90 Å². The summed E-state index contributed by atoms with van der Waals surface area (Å²) in [4.78, 5) is 45.7. The Morgan fingerprint density at radius 2 is 1.57 bits per heavy atom. The number of alkyl halides is 3. The molecule has 5 rings (SSSR count). The molecule has 4 aliphatic rings. The van der Waals surface area contributed by atoms with Crippen LogP contribution in [0.5, 0.6) is 0 Å². The highest BCUT2D eigenvalue weighted by Gasteiger charge is 2.47. The van der Waals surface area contributed by atoms with Crippen molar-refractivity contribution in [2.75, 3.05) is 72.7 Å². The molecule has 0 unspecified atom stereocenters. The van der Waals surface area contributed by atoms with E-state index in [-0.39, 0.29) is 30.6 Å². The van der Waals surface area contributed by atoms with Gasteiger partial charge in [-0.3, -0.25) is 9.69 Å². The topological polar surface area (TPSA) is 91.9 Å². The van der Waals surface area contributed by atoms with Crippen LogP contribution in [0.2, 0.25) is 0 Å². The number of methoxy groups -OCH3 is 1. The molecule has 1 aliphatic carbocycles. The maximum absolute atomic E-state index is 13.2. The van der Waals surface area contributed by atoms with Gasteiger partial charge in [0.25, 0.3) is 0 Å². The summed E-state index contributed by atoms with van der Waals surface area (Å²) in [5.74, 6) is 0.441. The number of carbonyl (C=O) groups excluding carboxylic acids is 3. The first-order valence-electron chi connectivity index (χ1n) is 15.6. The van der Waals surface area contributed by atoms with Crippen LogP contribution >= 0.6 is 0 Å². The maximum Gasteiger partial charge on any atom is 0.416 e. The first-order chi connectivity index (χ1) is 21.0. The summed E-state index contributed by atoms with van der Waals surface area (Å²) in [6.45, 7) is 5.63. The van der Waals surface area contributed by atoms with Gasteiger partial charge >= 0.3 is 18.4 Å². The fraction of sp³-hybridized carbons (Fsp3) is 0.710. The molecule has 44 heavy (non-hydrogen) atoms. The van der Waals surface area contributed by atoms with E-state index in [4.69, 9.17) is 14.2 Å². The van der Waals surface area contributed by atoms with Gasteiger partial charge in [0.1, 0.15) is 12.2 Å². The minimum atomic E-state index is -4.34. The Balaban J connectivity index is 1.01. The number of nitrogens with zero attached hydrogens (tertiary/aromatic N) is 4. The molecule has 0 atom stereocenters. The van der Waals surface area contributed by atoms with E-state index in [1.165, 1.54) is 12.1 Å². The minimum Gasteiger partial charge on any atom is -0.447 e. The SMILES string of the molecule is COCCOC(=O)N1CCN(C(=O)C2CCC(CN3CC4(CCN(Cc5ccc(C(F)(F)F)cc5)CC4)OC3=O)CC2)CC1. The van der Waals surface area contributed by atoms with Crippen molar-refractivity contribution in [2.24, 2.45) is 11.8 Å². The molecule has 3 amide bonds. The van der Waals surface area contributed by atoms with Crippen molar-refractivity contribution in [1.29, 1.82) is 0 Å². The van der Waals surface area contributed by atoms with Crippen LogP contribution in [0.4, 0.5) is 22.8 Å². The van der Waals surface area contributed by atoms with Gasteiger partial charge in [0.2, 0.25) is 5.91 Å². The lowest BCUT2D eigenvalue weighted by molar-refractivity contribution is -0.139. The van der Waals surface area contributed by atoms with Gasteiger partial charge in [0.05, 0.1) is 18.7 Å². The maximum atomic E-state index is 13.2. The molecule has 1 aromatic carbocycles. The van der Waals surface area contributed by atoms with Gasteiger partial charge in [-0.2, -0.15) is 13.2 Å². The third-order valence-corrected chi connectivity index (χ3v) is 9.53. The monoisotopic (exact) mass is 624 g/mol. The van der Waals surface area contributed by atoms with E-state index < -0.39 is 17.3 Å². The molecular weight excluding hydrogens is 581 g/mol. The van der Waals surface area contributed by atoms with Gasteiger partial charge in [-0.15, -0.1) is 0 Å². The van der Waals surface area contributed by atoms with Crippen molar-refractivity contribution in [3.8, 4) is 0 Å². The smallest absolute Gasteiger partial charge is 0.416 e. The van der Waals surface area contributed by atoms with Crippen LogP contribution in [-0.4, -0.2) is 116 Å². The second-order valence-corrected chi connectivity index (χ2v) is 12.5. The van der Waals surface area contributed by atoms with Gasteiger partial charge < -0.3 is 28.9 Å². The highest BCUT2D eigenvalue weighted by molar-refractivity contribution is 5.79. The molecule has 0 radical (unpaired) electrons. The van der Waals surface area contributed by atoms with E-state index in [0.29, 0.717) is 84.3 Å². The minimum absolute atomic E-state index is 0.0303. The average molecular weight is 625 g/mol. The Hall–Kier alpha value is -3.06. The normalized spacial score (nSPS) is 24.5. The van der Waals surface area contributed by atoms with Gasteiger partial charge in [-0.1, -0.05) is 12.1 Å². The summed E-state index contributed by atoms with van der Waals surface area (Å²) in [5.41, 5.74) is -0.335. The third kappa shape index (κ3) is 7.96. The molecule has 3 aliphatic heterocycles. The highest BCUT2D eigenvalue weighted by atomic mass is 19.4. The van der Waals surface area contributed by atoms with Crippen molar-refractivity contribution in [3.63, 3.8) is 0 Å². The zero-order chi connectivity index (χ0) is 31.3. The summed E-state index contributed by atoms with van der Waals surface area (Å²) < 4.78 is 54.6. The number of piperidine rings is 1. The molecule has 10 nitrogen and oxygen atoms in total. The molecule has 3 heterocycles. The zero-order valence-electron chi connectivity index (χ0n) is 25.4. The van der Waals surface area contributed by atoms with Gasteiger partial charge in [-0.05, 0) is 49.3 Å². The molecule has 1 saturated carbocycles. The number of benzene rings is 1. The number of carbonyl (C=O) groups is 3. The predicted molar refractivity (Wildman–Crippen MR) is 154 cm³/mol. The van der Waals surface area contributed by atoms with Gasteiger partial charge in [0, 0.05) is 78.2 Å². The van der Waals surface area contributed by atoms with Gasteiger partial charge in [-0.25, -0.2) is 9.59 Å². The number of rotatable bonds is 8. The summed E-state index contributed by atoms with van der Waals surface area (Å²) >= 11 is 0. The van der Waals surface area contributed by atoms with Crippen molar-refractivity contribution in [3.05, 3.63) is 35.4 Å². The molecule has 4 fully saturated rings. The lowest BCUT2D eigenvalue weighted by Crippen LogP contribution is -2.52. The van der Waals surface area contributed by atoms with Crippen LogP contribution in [0.3, 0.4) is 0 Å². The Morgan fingerprint density at radius 3 is 2.18 bits per heavy atom. The quantitative estimate of drug-likeness (QED) is 0.400. The average Bonchev–Trinajstić information content (AvgIpc) is 3.32. The van der Waals surface area contributed by atoms with Crippen LogP contribution in [0, 0.1) is 11.8 Å². The Bertz CT molecular complexity index is 1140. The lowest BCUT2D eigenvalue weighted by Gasteiger charge is -2.38. The van der Waals surface area contributed by atoms with Crippen LogP contribution in [0.25, 0.3) is 0 Å². The molecule has 1 aromatic rings. The summed E-state index contributed by atoms with van der Waals surface area (Å²) in [5, 5.41) is 0. The number of ether oxygens (including phenoxy) is 3. The first kappa shape index (κ1) is 32.3. The van der Waals surface area contributed by atoms with E-state index in [9.17, 15) is 27.6 Å². The molecule has 244 valence electrons. The number of piperazine rings is 1. The largest absolute Gasteiger partial charge is 0.447 e. The van der Waals surface area contributed by atoms with Crippen molar-refractivity contribution >= 4 is 18.1 Å². The standard InChI is InChI=1S/C31H43F3N4O6/c1-42-18-19-43-28(40)37-16-14-36(15-17-37)27(39)25-6-2-24(3-7-25)21-38-22-30(44-29(38)41)10-12-35(13-11-30)20-23-4-8-26(9-5-23)31(32,33)34/h4-5,8-9,24-25H,2-3,6-7,10-22H2,1H3. The van der Waals surface area contributed by atoms with E-state index >= 15 is 0 Å². The number of halogens is 3. The van der Waals surface area contributed by atoms with Crippen molar-refractivity contribution in [2.45, 2.75) is 56.8 Å². The van der Waals surface area contributed by atoms with Gasteiger partial charge in [0.15, 0.2) is 0 Å². The number of hydrogen-bond acceptors (Lipinski definition) is 7. The Kier molecular flexibility index (Phi) is 10.2. The Labute approximate surface area is 256 Å². The predicted octanol–water partition coefficient (Wildman–Crippen LogP) is 4.23. The van der Waals surface area contributed by atoms with E-state index in [0.717, 1.165) is 43.4 Å². The molecule has 3 saturated heterocycles. The number of hydrogen-bond donors (Lipinski definition) is 0. The third-order valence-electron chi connectivity index (χ3n) is 9.53. The summed E-state index contributed by atoms with van der Waals surface area (Å²) in [6, 6.07) is 5.29. The second kappa shape index (κ2) is 13.9. The van der Waals surface area contributed by atoms with Crippen LogP contribution in [0.15, 0.2) is 24.3 Å². The fourth-order valence-corrected chi connectivity index (χ4v) is 6.84. The lowest BCUT2D eigenvalue weighted by atomic mass is 9.81. The molecule has 0 bridgehead atoms.